The number of alkyl halides is 3. The number of hydrogen-bond donors (Lipinski definition) is 2. The van der Waals surface area contributed by atoms with Crippen LogP contribution in [-0.2, 0) is 11.3 Å². The summed E-state index contributed by atoms with van der Waals surface area (Å²) in [5.41, 5.74) is 0.979. The molecule has 0 radical (unpaired) electrons. The minimum atomic E-state index is -4.81. The second kappa shape index (κ2) is 8.37. The number of rotatable bonds is 6. The zero-order chi connectivity index (χ0) is 23.8. The molecule has 0 unspecified atom stereocenters. The third kappa shape index (κ3) is 4.54. The number of anilines is 1. The Labute approximate surface area is 183 Å². The molecule has 9 nitrogen and oxygen atoms in total. The largest absolute Gasteiger partial charge is 0.573 e. The first-order valence-electron chi connectivity index (χ1n) is 9.47. The molecule has 0 fully saturated rings. The summed E-state index contributed by atoms with van der Waals surface area (Å²) in [4.78, 5) is 32.6. The number of nitrogens with one attached hydrogen (secondary N) is 2. The van der Waals surface area contributed by atoms with E-state index in [0.29, 0.717) is 27.9 Å². The predicted octanol–water partition coefficient (Wildman–Crippen LogP) is 3.43. The van der Waals surface area contributed by atoms with Crippen molar-refractivity contribution in [3.05, 3.63) is 53.1 Å². The molecule has 0 saturated heterocycles. The van der Waals surface area contributed by atoms with Crippen LogP contribution >= 0.6 is 0 Å². The van der Waals surface area contributed by atoms with Gasteiger partial charge in [-0.05, 0) is 30.3 Å². The number of halogens is 3. The van der Waals surface area contributed by atoms with E-state index in [4.69, 9.17) is 9.47 Å². The molecule has 172 valence electrons. The van der Waals surface area contributed by atoms with Crippen molar-refractivity contribution in [1.29, 1.82) is 0 Å². The standard InChI is InChI=1S/C21H17F3N4O5/c1-31-15-7-13-14(8-16(15)32-2)27-19-18(13)25-10-28(20(19)30)9-17(29)26-11-3-5-12(6-4-11)33-21(22,23)24/h3-8,10,27H,9H2,1-2H3,(H,26,29). The van der Waals surface area contributed by atoms with Gasteiger partial charge >= 0.3 is 6.36 Å². The number of benzene rings is 2. The topological polar surface area (TPSA) is 107 Å². The third-order valence-corrected chi connectivity index (χ3v) is 4.76. The second-order valence-electron chi connectivity index (χ2n) is 6.90. The van der Waals surface area contributed by atoms with Gasteiger partial charge in [0.15, 0.2) is 11.5 Å². The third-order valence-electron chi connectivity index (χ3n) is 4.76. The van der Waals surface area contributed by atoms with E-state index in [1.54, 1.807) is 12.1 Å². The number of carbonyl (C=O) groups excluding carboxylic acids is 1. The lowest BCUT2D eigenvalue weighted by Gasteiger charge is -2.10. The molecule has 2 aromatic heterocycles. The first-order valence-corrected chi connectivity index (χ1v) is 9.47. The van der Waals surface area contributed by atoms with Crippen LogP contribution in [0.15, 0.2) is 47.5 Å². The van der Waals surface area contributed by atoms with Crippen LogP contribution in [0, 0.1) is 0 Å². The van der Waals surface area contributed by atoms with Crippen molar-refractivity contribution in [2.75, 3.05) is 19.5 Å². The number of aromatic amines is 1. The van der Waals surface area contributed by atoms with E-state index >= 15 is 0 Å². The average Bonchev–Trinajstić information content (AvgIpc) is 3.13. The molecule has 1 amide bonds. The molecule has 0 spiro atoms. The SMILES string of the molecule is COc1cc2[nH]c3c(=O)n(CC(=O)Nc4ccc(OC(F)(F)F)cc4)cnc3c2cc1OC. The van der Waals surface area contributed by atoms with Crippen LogP contribution in [-0.4, -0.2) is 41.0 Å². The van der Waals surface area contributed by atoms with Gasteiger partial charge in [-0.25, -0.2) is 4.98 Å². The Hall–Kier alpha value is -4.22. The molecule has 0 aliphatic rings. The maximum Gasteiger partial charge on any atom is 0.573 e. The molecule has 2 aromatic carbocycles. The summed E-state index contributed by atoms with van der Waals surface area (Å²) < 4.78 is 52.2. The number of fused-ring (bicyclic) bond motifs is 3. The molecule has 2 heterocycles. The van der Waals surface area contributed by atoms with Gasteiger partial charge in [0.2, 0.25) is 5.91 Å². The molecule has 0 bridgehead atoms. The number of hydrogen-bond acceptors (Lipinski definition) is 6. The summed E-state index contributed by atoms with van der Waals surface area (Å²) in [5, 5.41) is 3.16. The fourth-order valence-corrected chi connectivity index (χ4v) is 3.33. The minimum absolute atomic E-state index is 0.198. The van der Waals surface area contributed by atoms with Crippen LogP contribution in [0.1, 0.15) is 0 Å². The smallest absolute Gasteiger partial charge is 0.493 e. The molecular formula is C21H17F3N4O5. The van der Waals surface area contributed by atoms with Crippen LogP contribution in [0.5, 0.6) is 17.2 Å². The summed E-state index contributed by atoms with van der Waals surface area (Å²) in [5.74, 6) is -0.0357. The molecule has 12 heteroatoms. The molecule has 0 aliphatic carbocycles. The van der Waals surface area contributed by atoms with Crippen molar-refractivity contribution in [2.24, 2.45) is 0 Å². The highest BCUT2D eigenvalue weighted by Gasteiger charge is 2.31. The molecule has 4 aromatic rings. The highest BCUT2D eigenvalue weighted by molar-refractivity contribution is 6.05. The number of aromatic nitrogens is 3. The summed E-state index contributed by atoms with van der Waals surface area (Å²) in [7, 11) is 2.99. The zero-order valence-electron chi connectivity index (χ0n) is 17.3. The van der Waals surface area contributed by atoms with Crippen molar-refractivity contribution in [3.63, 3.8) is 0 Å². The van der Waals surface area contributed by atoms with Crippen LogP contribution < -0.4 is 25.1 Å². The lowest BCUT2D eigenvalue weighted by Crippen LogP contribution is -2.28. The Bertz CT molecular complexity index is 1390. The predicted molar refractivity (Wildman–Crippen MR) is 113 cm³/mol. The maximum absolute atomic E-state index is 12.9. The van der Waals surface area contributed by atoms with Crippen LogP contribution in [0.3, 0.4) is 0 Å². The second-order valence-corrected chi connectivity index (χ2v) is 6.90. The van der Waals surface area contributed by atoms with Gasteiger partial charge in [-0.15, -0.1) is 13.2 Å². The molecule has 0 aliphatic heterocycles. The van der Waals surface area contributed by atoms with Crippen molar-refractivity contribution in [2.45, 2.75) is 12.9 Å². The first-order chi connectivity index (χ1) is 15.7. The van der Waals surface area contributed by atoms with Crippen LogP contribution in [0.4, 0.5) is 18.9 Å². The lowest BCUT2D eigenvalue weighted by molar-refractivity contribution is -0.274. The molecule has 2 N–H and O–H groups in total. The molecular weight excluding hydrogens is 445 g/mol. The Morgan fingerprint density at radius 3 is 2.42 bits per heavy atom. The number of carbonyl (C=O) groups is 1. The van der Waals surface area contributed by atoms with E-state index in [-0.39, 0.29) is 17.7 Å². The Morgan fingerprint density at radius 1 is 1.12 bits per heavy atom. The normalized spacial score (nSPS) is 11.5. The molecule has 0 atom stereocenters. The highest BCUT2D eigenvalue weighted by Crippen LogP contribution is 2.34. The quantitative estimate of drug-likeness (QED) is 0.455. The van der Waals surface area contributed by atoms with Gasteiger partial charge < -0.3 is 24.5 Å². The van der Waals surface area contributed by atoms with E-state index in [0.717, 1.165) is 16.7 Å². The van der Waals surface area contributed by atoms with E-state index < -0.39 is 23.6 Å². The van der Waals surface area contributed by atoms with Crippen LogP contribution in [0.25, 0.3) is 21.9 Å². The van der Waals surface area contributed by atoms with E-state index in [9.17, 15) is 22.8 Å². The fourth-order valence-electron chi connectivity index (χ4n) is 3.33. The first kappa shape index (κ1) is 22.0. The van der Waals surface area contributed by atoms with Gasteiger partial charge in [0.05, 0.1) is 26.1 Å². The van der Waals surface area contributed by atoms with E-state index in [1.165, 1.54) is 32.7 Å². The van der Waals surface area contributed by atoms with Crippen molar-refractivity contribution >= 4 is 33.5 Å². The zero-order valence-corrected chi connectivity index (χ0v) is 17.3. The van der Waals surface area contributed by atoms with E-state index in [2.05, 4.69) is 20.0 Å². The monoisotopic (exact) mass is 462 g/mol. The fraction of sp³-hybridized carbons (Fsp3) is 0.190. The number of nitrogens with zero attached hydrogens (tertiary/aromatic N) is 2. The summed E-state index contributed by atoms with van der Waals surface area (Å²) >= 11 is 0. The number of ether oxygens (including phenoxy) is 3. The Morgan fingerprint density at radius 2 is 1.79 bits per heavy atom. The number of methoxy groups -OCH3 is 2. The Balaban J connectivity index is 1.56. The summed E-state index contributed by atoms with van der Waals surface area (Å²) in [6, 6.07) is 8.01. The van der Waals surface area contributed by atoms with Crippen molar-refractivity contribution in [1.82, 2.24) is 14.5 Å². The molecule has 4 rings (SSSR count). The molecule has 33 heavy (non-hydrogen) atoms. The van der Waals surface area contributed by atoms with E-state index in [1.807, 2.05) is 0 Å². The average molecular weight is 462 g/mol. The van der Waals surface area contributed by atoms with Gasteiger partial charge in [-0.3, -0.25) is 14.2 Å². The highest BCUT2D eigenvalue weighted by atomic mass is 19.4. The lowest BCUT2D eigenvalue weighted by atomic mass is 10.2. The van der Waals surface area contributed by atoms with Gasteiger partial charge in [-0.1, -0.05) is 0 Å². The van der Waals surface area contributed by atoms with Gasteiger partial charge in [0, 0.05) is 17.1 Å². The van der Waals surface area contributed by atoms with Crippen LogP contribution in [0.2, 0.25) is 0 Å². The van der Waals surface area contributed by atoms with Gasteiger partial charge in [-0.2, -0.15) is 0 Å². The Kier molecular flexibility index (Phi) is 5.58. The summed E-state index contributed by atoms with van der Waals surface area (Å²) in [6.45, 7) is -0.357. The maximum atomic E-state index is 12.9. The van der Waals surface area contributed by atoms with Gasteiger partial charge in [0.25, 0.3) is 5.56 Å². The minimum Gasteiger partial charge on any atom is -0.493 e. The van der Waals surface area contributed by atoms with Crippen molar-refractivity contribution in [3.8, 4) is 17.2 Å². The summed E-state index contributed by atoms with van der Waals surface area (Å²) in [6.07, 6.45) is -3.56. The van der Waals surface area contributed by atoms with Gasteiger partial charge in [0.1, 0.15) is 23.3 Å². The van der Waals surface area contributed by atoms with Crippen molar-refractivity contribution < 1.29 is 32.2 Å². The number of H-pyrrole nitrogens is 1. The number of amides is 1. The molecule has 0 saturated carbocycles.